The van der Waals surface area contributed by atoms with Crippen LogP contribution in [0.15, 0.2) is 18.2 Å². The predicted molar refractivity (Wildman–Crippen MR) is 87.7 cm³/mol. The first kappa shape index (κ1) is 17.7. The van der Waals surface area contributed by atoms with E-state index >= 15 is 0 Å². The Morgan fingerprint density at radius 1 is 1.24 bits per heavy atom. The van der Waals surface area contributed by atoms with Gasteiger partial charge < -0.3 is 9.64 Å². The van der Waals surface area contributed by atoms with Gasteiger partial charge in [-0.1, -0.05) is 44.5 Å². The van der Waals surface area contributed by atoms with Gasteiger partial charge in [0.1, 0.15) is 6.61 Å². The van der Waals surface area contributed by atoms with Gasteiger partial charge in [-0.2, -0.15) is 0 Å². The van der Waals surface area contributed by atoms with E-state index in [-0.39, 0.29) is 11.9 Å². The summed E-state index contributed by atoms with van der Waals surface area (Å²) in [6.07, 6.45) is 0.447. The quantitative estimate of drug-likeness (QED) is 0.684. The first-order valence-corrected chi connectivity index (χ1v) is 7.93. The Labute approximate surface area is 129 Å². The van der Waals surface area contributed by atoms with Crippen LogP contribution < -0.4 is 0 Å². The molecule has 21 heavy (non-hydrogen) atoms. The lowest BCUT2D eigenvalue weighted by molar-refractivity contribution is -0.144. The van der Waals surface area contributed by atoms with Crippen LogP contribution in [0.2, 0.25) is 0 Å². The third-order valence-corrected chi connectivity index (χ3v) is 4.00. The van der Waals surface area contributed by atoms with Crippen LogP contribution in [-0.4, -0.2) is 37.1 Å². The summed E-state index contributed by atoms with van der Waals surface area (Å²) in [5.41, 5.74) is 3.72. The van der Waals surface area contributed by atoms with E-state index in [4.69, 9.17) is 4.74 Å². The molecule has 0 radical (unpaired) electrons. The highest BCUT2D eigenvalue weighted by molar-refractivity contribution is 5.70. The number of likely N-dealkylation sites (N-methyl/N-ethyl adjacent to an activating group) is 1. The van der Waals surface area contributed by atoms with Crippen LogP contribution in [-0.2, 0) is 9.53 Å². The number of ether oxygens (including phenoxy) is 1. The maximum atomic E-state index is 11.9. The number of benzene rings is 1. The summed E-state index contributed by atoms with van der Waals surface area (Å²) in [5.74, 6) is 0.0985. The molecule has 1 rings (SSSR count). The summed E-state index contributed by atoms with van der Waals surface area (Å²) in [6.45, 7) is 13.8. The van der Waals surface area contributed by atoms with Gasteiger partial charge in [0.25, 0.3) is 0 Å². The summed E-state index contributed by atoms with van der Waals surface area (Å²) in [7, 11) is 0. The molecule has 0 amide bonds. The summed E-state index contributed by atoms with van der Waals surface area (Å²) in [5, 5.41) is 0. The molecule has 1 atom stereocenters. The molecule has 0 aromatic heterocycles. The zero-order valence-corrected chi connectivity index (χ0v) is 14.1. The van der Waals surface area contributed by atoms with Crippen molar-refractivity contribution < 1.29 is 9.53 Å². The van der Waals surface area contributed by atoms with Gasteiger partial charge in [-0.05, 0) is 44.0 Å². The molecule has 0 aliphatic heterocycles. The lowest BCUT2D eigenvalue weighted by Gasteiger charge is -2.18. The van der Waals surface area contributed by atoms with E-state index in [9.17, 15) is 4.79 Å². The predicted octanol–water partition coefficient (Wildman–Crippen LogP) is 3.68. The molecule has 0 spiro atoms. The molecule has 1 aromatic carbocycles. The molecule has 3 heteroatoms. The summed E-state index contributed by atoms with van der Waals surface area (Å²) in [6, 6.07) is 6.39. The number of carbonyl (C=O) groups is 1. The van der Waals surface area contributed by atoms with Crippen molar-refractivity contribution in [1.29, 1.82) is 0 Å². The smallest absolute Gasteiger partial charge is 0.306 e. The average Bonchev–Trinajstić information content (AvgIpc) is 2.46. The minimum absolute atomic E-state index is 0.101. The summed E-state index contributed by atoms with van der Waals surface area (Å²) >= 11 is 0. The molecule has 118 valence electrons. The molecular weight excluding hydrogens is 262 g/mol. The van der Waals surface area contributed by atoms with Crippen LogP contribution in [0.5, 0.6) is 0 Å². The van der Waals surface area contributed by atoms with Crippen molar-refractivity contribution in [3.05, 3.63) is 34.9 Å². The average molecular weight is 291 g/mol. The molecule has 3 nitrogen and oxygen atoms in total. The molecule has 0 saturated carbocycles. The van der Waals surface area contributed by atoms with Gasteiger partial charge in [0.15, 0.2) is 0 Å². The van der Waals surface area contributed by atoms with Crippen molar-refractivity contribution in [3.63, 3.8) is 0 Å². The van der Waals surface area contributed by atoms with Gasteiger partial charge in [-0.3, -0.25) is 4.79 Å². The first-order valence-electron chi connectivity index (χ1n) is 7.93. The second-order valence-corrected chi connectivity index (χ2v) is 5.71. The highest BCUT2D eigenvalue weighted by Crippen LogP contribution is 2.24. The number of hydrogen-bond acceptors (Lipinski definition) is 3. The molecule has 0 N–H and O–H groups in total. The molecular formula is C18H29NO2. The van der Waals surface area contributed by atoms with Crippen molar-refractivity contribution in [2.45, 2.75) is 47.0 Å². The Morgan fingerprint density at radius 3 is 2.52 bits per heavy atom. The lowest BCUT2D eigenvalue weighted by Crippen LogP contribution is -2.28. The highest BCUT2D eigenvalue weighted by Gasteiger charge is 2.14. The van der Waals surface area contributed by atoms with Crippen molar-refractivity contribution >= 4 is 5.97 Å². The van der Waals surface area contributed by atoms with E-state index in [1.54, 1.807) is 0 Å². The van der Waals surface area contributed by atoms with Crippen LogP contribution in [0.4, 0.5) is 0 Å². The topological polar surface area (TPSA) is 29.5 Å². The standard InChI is InChI=1S/C18H29NO2/c1-6-19(7-2)10-11-21-18(20)13-16(5)17-12-14(3)8-9-15(17)4/h8-9,12,16H,6-7,10-11,13H2,1-5H3/t16-/m0/s1. The van der Waals surface area contributed by atoms with Crippen molar-refractivity contribution in [2.24, 2.45) is 0 Å². The van der Waals surface area contributed by atoms with Gasteiger partial charge in [0.05, 0.1) is 6.42 Å². The summed E-state index contributed by atoms with van der Waals surface area (Å²) in [4.78, 5) is 14.2. The third kappa shape index (κ3) is 5.88. The Morgan fingerprint density at radius 2 is 1.90 bits per heavy atom. The monoisotopic (exact) mass is 291 g/mol. The lowest BCUT2D eigenvalue weighted by atomic mass is 9.92. The Bertz CT molecular complexity index is 453. The fourth-order valence-electron chi connectivity index (χ4n) is 2.54. The van der Waals surface area contributed by atoms with E-state index in [1.165, 1.54) is 16.7 Å². The van der Waals surface area contributed by atoms with E-state index in [0.29, 0.717) is 13.0 Å². The van der Waals surface area contributed by atoms with Crippen LogP contribution in [0.25, 0.3) is 0 Å². The van der Waals surface area contributed by atoms with Gasteiger partial charge in [-0.25, -0.2) is 0 Å². The number of carbonyl (C=O) groups excluding carboxylic acids is 1. The van der Waals surface area contributed by atoms with Crippen LogP contribution in [0.1, 0.15) is 49.8 Å². The molecule has 0 fully saturated rings. The van der Waals surface area contributed by atoms with Gasteiger partial charge in [0.2, 0.25) is 0 Å². The number of rotatable bonds is 8. The molecule has 0 unspecified atom stereocenters. The van der Waals surface area contributed by atoms with Gasteiger partial charge in [0, 0.05) is 6.54 Å². The van der Waals surface area contributed by atoms with Crippen molar-refractivity contribution in [3.8, 4) is 0 Å². The second kappa shape index (κ2) is 8.83. The number of esters is 1. The van der Waals surface area contributed by atoms with Crippen molar-refractivity contribution in [1.82, 2.24) is 4.90 Å². The largest absolute Gasteiger partial charge is 0.464 e. The van der Waals surface area contributed by atoms with Gasteiger partial charge >= 0.3 is 5.97 Å². The fourth-order valence-corrected chi connectivity index (χ4v) is 2.54. The minimum atomic E-state index is -0.101. The first-order chi connectivity index (χ1) is 9.97. The van der Waals surface area contributed by atoms with Crippen LogP contribution in [0, 0.1) is 13.8 Å². The molecule has 0 aliphatic carbocycles. The zero-order chi connectivity index (χ0) is 15.8. The van der Waals surface area contributed by atoms with Crippen LogP contribution >= 0.6 is 0 Å². The Hall–Kier alpha value is -1.35. The Balaban J connectivity index is 2.45. The highest BCUT2D eigenvalue weighted by atomic mass is 16.5. The number of nitrogens with zero attached hydrogens (tertiary/aromatic N) is 1. The molecule has 0 heterocycles. The molecule has 0 aliphatic rings. The van der Waals surface area contributed by atoms with E-state index in [1.807, 2.05) is 0 Å². The second-order valence-electron chi connectivity index (χ2n) is 5.71. The fraction of sp³-hybridized carbons (Fsp3) is 0.611. The zero-order valence-electron chi connectivity index (χ0n) is 14.1. The van der Waals surface area contributed by atoms with Crippen molar-refractivity contribution in [2.75, 3.05) is 26.2 Å². The maximum Gasteiger partial charge on any atom is 0.306 e. The van der Waals surface area contributed by atoms with E-state index in [0.717, 1.165) is 19.6 Å². The van der Waals surface area contributed by atoms with Crippen LogP contribution in [0.3, 0.4) is 0 Å². The number of aryl methyl sites for hydroxylation is 2. The molecule has 1 aromatic rings. The van der Waals surface area contributed by atoms with E-state index < -0.39 is 0 Å². The SMILES string of the molecule is CCN(CC)CCOC(=O)C[C@H](C)c1cc(C)ccc1C. The Kier molecular flexibility index (Phi) is 7.44. The minimum Gasteiger partial charge on any atom is -0.464 e. The molecule has 0 saturated heterocycles. The maximum absolute atomic E-state index is 11.9. The normalized spacial score (nSPS) is 12.5. The van der Waals surface area contributed by atoms with Gasteiger partial charge in [-0.15, -0.1) is 0 Å². The third-order valence-electron chi connectivity index (χ3n) is 4.00. The molecule has 0 bridgehead atoms. The summed E-state index contributed by atoms with van der Waals surface area (Å²) < 4.78 is 5.36. The van der Waals surface area contributed by atoms with E-state index in [2.05, 4.69) is 57.7 Å². The number of hydrogen-bond donors (Lipinski definition) is 0.